The molecule has 2 fully saturated rings. The van der Waals surface area contributed by atoms with Gasteiger partial charge in [0.2, 0.25) is 0 Å². The summed E-state index contributed by atoms with van der Waals surface area (Å²) in [5.41, 5.74) is 0. The van der Waals surface area contributed by atoms with Crippen molar-refractivity contribution in [2.24, 2.45) is 0 Å². The molecule has 1 aliphatic carbocycles. The molecule has 1 heterocycles. The van der Waals surface area contributed by atoms with Gasteiger partial charge in [-0.15, -0.1) is 0 Å². The standard InChI is InChI=1S/C12H21NO/c14-12-8-9-13(10-12)11-6-4-2-1-3-5-7-11/h11H,1-10H2. The Balaban J connectivity index is 1.84. The van der Waals surface area contributed by atoms with E-state index in [0.29, 0.717) is 5.78 Å². The Morgan fingerprint density at radius 2 is 1.64 bits per heavy atom. The highest BCUT2D eigenvalue weighted by molar-refractivity contribution is 5.82. The second-order valence-corrected chi connectivity index (χ2v) is 4.76. The van der Waals surface area contributed by atoms with Crippen LogP contribution in [0.3, 0.4) is 0 Å². The smallest absolute Gasteiger partial charge is 0.148 e. The summed E-state index contributed by atoms with van der Waals surface area (Å²) in [5, 5.41) is 0. The number of carbonyl (C=O) groups excluding carboxylic acids is 1. The topological polar surface area (TPSA) is 20.3 Å². The molecule has 14 heavy (non-hydrogen) atoms. The maximum absolute atomic E-state index is 11.2. The molecule has 2 heteroatoms. The summed E-state index contributed by atoms with van der Waals surface area (Å²) < 4.78 is 0. The summed E-state index contributed by atoms with van der Waals surface area (Å²) >= 11 is 0. The van der Waals surface area contributed by atoms with E-state index in [1.54, 1.807) is 0 Å². The minimum absolute atomic E-state index is 0.451. The van der Waals surface area contributed by atoms with Crippen LogP contribution in [0.1, 0.15) is 51.4 Å². The van der Waals surface area contributed by atoms with Crippen molar-refractivity contribution in [3.8, 4) is 0 Å². The fraction of sp³-hybridized carbons (Fsp3) is 0.917. The van der Waals surface area contributed by atoms with E-state index in [4.69, 9.17) is 0 Å². The van der Waals surface area contributed by atoms with Gasteiger partial charge in [-0.25, -0.2) is 0 Å². The second-order valence-electron chi connectivity index (χ2n) is 4.76. The minimum atomic E-state index is 0.451. The van der Waals surface area contributed by atoms with Gasteiger partial charge in [0.05, 0.1) is 6.54 Å². The SMILES string of the molecule is O=C1CCN(C2CCCCCCC2)C1. The van der Waals surface area contributed by atoms with Crippen LogP contribution in [0.15, 0.2) is 0 Å². The van der Waals surface area contributed by atoms with E-state index in [9.17, 15) is 4.79 Å². The quantitative estimate of drug-likeness (QED) is 0.640. The molecule has 1 saturated heterocycles. The number of hydrogen-bond donors (Lipinski definition) is 0. The van der Waals surface area contributed by atoms with Crippen molar-refractivity contribution < 1.29 is 4.79 Å². The number of Topliss-reactive ketones (excluding diaryl/α,β-unsaturated/α-hetero) is 1. The van der Waals surface area contributed by atoms with Crippen LogP contribution >= 0.6 is 0 Å². The molecule has 2 aliphatic rings. The van der Waals surface area contributed by atoms with Gasteiger partial charge in [0.1, 0.15) is 5.78 Å². The Bertz CT molecular complexity index is 194. The van der Waals surface area contributed by atoms with Crippen molar-refractivity contribution in [2.75, 3.05) is 13.1 Å². The normalized spacial score (nSPS) is 27.6. The van der Waals surface area contributed by atoms with E-state index in [1.165, 1.54) is 44.9 Å². The summed E-state index contributed by atoms with van der Waals surface area (Å²) in [6.45, 7) is 1.77. The van der Waals surface area contributed by atoms with E-state index in [1.807, 2.05) is 0 Å². The average Bonchev–Trinajstić information content (AvgIpc) is 2.51. The molecule has 2 rings (SSSR count). The number of hydrogen-bond acceptors (Lipinski definition) is 2. The van der Waals surface area contributed by atoms with Crippen molar-refractivity contribution >= 4 is 5.78 Å². The number of nitrogens with zero attached hydrogens (tertiary/aromatic N) is 1. The predicted octanol–water partition coefficient (Wildman–Crippen LogP) is 2.37. The third-order valence-electron chi connectivity index (χ3n) is 3.65. The highest BCUT2D eigenvalue weighted by atomic mass is 16.1. The minimum Gasteiger partial charge on any atom is -0.298 e. The van der Waals surface area contributed by atoms with Crippen molar-refractivity contribution in [3.63, 3.8) is 0 Å². The fourth-order valence-corrected chi connectivity index (χ4v) is 2.76. The van der Waals surface area contributed by atoms with Crippen LogP contribution in [0, 0.1) is 0 Å². The molecule has 2 nitrogen and oxygen atoms in total. The highest BCUT2D eigenvalue weighted by Crippen LogP contribution is 2.23. The summed E-state index contributed by atoms with van der Waals surface area (Å²) in [6.07, 6.45) is 10.4. The van der Waals surface area contributed by atoms with Gasteiger partial charge in [-0.1, -0.05) is 32.1 Å². The van der Waals surface area contributed by atoms with Crippen LogP contribution in [-0.2, 0) is 4.79 Å². The van der Waals surface area contributed by atoms with Gasteiger partial charge < -0.3 is 0 Å². The van der Waals surface area contributed by atoms with Gasteiger partial charge in [0.15, 0.2) is 0 Å². The summed E-state index contributed by atoms with van der Waals surface area (Å²) in [4.78, 5) is 13.6. The third kappa shape index (κ3) is 2.57. The van der Waals surface area contributed by atoms with Crippen molar-refractivity contribution in [2.45, 2.75) is 57.4 Å². The first-order chi connectivity index (χ1) is 6.86. The Kier molecular flexibility index (Phi) is 3.57. The van der Waals surface area contributed by atoms with Gasteiger partial charge in [-0.05, 0) is 12.8 Å². The number of carbonyl (C=O) groups is 1. The predicted molar refractivity (Wildman–Crippen MR) is 57.3 cm³/mol. The van der Waals surface area contributed by atoms with Gasteiger partial charge in [0, 0.05) is 19.0 Å². The van der Waals surface area contributed by atoms with Crippen LogP contribution < -0.4 is 0 Å². The molecule has 0 unspecified atom stereocenters. The zero-order chi connectivity index (χ0) is 9.80. The summed E-state index contributed by atoms with van der Waals surface area (Å²) in [5.74, 6) is 0.451. The first-order valence-electron chi connectivity index (χ1n) is 6.12. The molecule has 80 valence electrons. The molecule has 0 amide bonds. The van der Waals surface area contributed by atoms with Crippen LogP contribution in [-0.4, -0.2) is 29.8 Å². The first-order valence-corrected chi connectivity index (χ1v) is 6.12. The van der Waals surface area contributed by atoms with Gasteiger partial charge in [-0.2, -0.15) is 0 Å². The Labute approximate surface area is 86.7 Å². The van der Waals surface area contributed by atoms with Gasteiger partial charge in [-0.3, -0.25) is 9.69 Å². The average molecular weight is 195 g/mol. The molecule has 0 bridgehead atoms. The van der Waals surface area contributed by atoms with Crippen LogP contribution in [0.4, 0.5) is 0 Å². The fourth-order valence-electron chi connectivity index (χ4n) is 2.76. The van der Waals surface area contributed by atoms with E-state index in [2.05, 4.69) is 4.90 Å². The summed E-state index contributed by atoms with van der Waals surface area (Å²) in [6, 6.07) is 0.724. The maximum atomic E-state index is 11.2. The molecule has 0 aromatic heterocycles. The lowest BCUT2D eigenvalue weighted by atomic mass is 9.96. The van der Waals surface area contributed by atoms with Crippen LogP contribution in [0.5, 0.6) is 0 Å². The number of likely N-dealkylation sites (tertiary alicyclic amines) is 1. The Morgan fingerprint density at radius 3 is 2.21 bits per heavy atom. The molecule has 0 radical (unpaired) electrons. The lowest BCUT2D eigenvalue weighted by molar-refractivity contribution is -0.117. The number of rotatable bonds is 1. The number of ketones is 1. The lowest BCUT2D eigenvalue weighted by Crippen LogP contribution is -2.33. The largest absolute Gasteiger partial charge is 0.298 e. The van der Waals surface area contributed by atoms with E-state index < -0.39 is 0 Å². The van der Waals surface area contributed by atoms with E-state index in [0.717, 1.165) is 25.6 Å². The first kappa shape index (κ1) is 10.2. The Hall–Kier alpha value is -0.370. The zero-order valence-corrected chi connectivity index (χ0v) is 9.00. The highest BCUT2D eigenvalue weighted by Gasteiger charge is 2.26. The molecule has 0 N–H and O–H groups in total. The van der Waals surface area contributed by atoms with Crippen LogP contribution in [0.2, 0.25) is 0 Å². The molecule has 0 spiro atoms. The Morgan fingerprint density at radius 1 is 1.00 bits per heavy atom. The molecule has 1 saturated carbocycles. The maximum Gasteiger partial charge on any atom is 0.148 e. The van der Waals surface area contributed by atoms with Crippen molar-refractivity contribution in [1.29, 1.82) is 0 Å². The summed E-state index contributed by atoms with van der Waals surface area (Å²) in [7, 11) is 0. The van der Waals surface area contributed by atoms with E-state index >= 15 is 0 Å². The third-order valence-corrected chi connectivity index (χ3v) is 3.65. The molecule has 0 aromatic rings. The van der Waals surface area contributed by atoms with E-state index in [-0.39, 0.29) is 0 Å². The van der Waals surface area contributed by atoms with Gasteiger partial charge >= 0.3 is 0 Å². The van der Waals surface area contributed by atoms with Crippen molar-refractivity contribution in [3.05, 3.63) is 0 Å². The molecule has 1 aliphatic heterocycles. The van der Waals surface area contributed by atoms with Crippen LogP contribution in [0.25, 0.3) is 0 Å². The zero-order valence-electron chi connectivity index (χ0n) is 9.00. The molecular formula is C12H21NO. The lowest BCUT2D eigenvalue weighted by Gasteiger charge is -2.28. The monoisotopic (exact) mass is 195 g/mol. The second kappa shape index (κ2) is 4.92. The molecule has 0 atom stereocenters. The van der Waals surface area contributed by atoms with Gasteiger partial charge in [0.25, 0.3) is 0 Å². The van der Waals surface area contributed by atoms with Crippen molar-refractivity contribution in [1.82, 2.24) is 4.90 Å². The molecule has 0 aromatic carbocycles. The molecular weight excluding hydrogens is 174 g/mol.